The second-order valence-corrected chi connectivity index (χ2v) is 8.20. The lowest BCUT2D eigenvalue weighted by atomic mass is 9.48. The van der Waals surface area contributed by atoms with E-state index in [0.717, 1.165) is 30.7 Å². The first-order valence-electron chi connectivity index (χ1n) is 8.99. The highest BCUT2D eigenvalue weighted by molar-refractivity contribution is 5.05. The van der Waals surface area contributed by atoms with Crippen LogP contribution in [0.1, 0.15) is 65.2 Å². The Morgan fingerprint density at radius 2 is 1.65 bits per heavy atom. The van der Waals surface area contributed by atoms with Crippen LogP contribution in [0.2, 0.25) is 0 Å². The van der Waals surface area contributed by atoms with Crippen molar-refractivity contribution in [3.8, 4) is 0 Å². The summed E-state index contributed by atoms with van der Waals surface area (Å²) in [6, 6.07) is 0.670. The van der Waals surface area contributed by atoms with Crippen molar-refractivity contribution in [3.05, 3.63) is 0 Å². The predicted octanol–water partition coefficient (Wildman–Crippen LogP) is 3.59. The Kier molecular flexibility index (Phi) is 4.42. The van der Waals surface area contributed by atoms with Gasteiger partial charge in [-0.3, -0.25) is 0 Å². The molecule has 0 saturated heterocycles. The summed E-state index contributed by atoms with van der Waals surface area (Å²) in [6.07, 6.45) is 11.2. The zero-order valence-corrected chi connectivity index (χ0v) is 13.4. The van der Waals surface area contributed by atoms with Crippen LogP contribution in [0, 0.1) is 29.1 Å². The van der Waals surface area contributed by atoms with Crippen LogP contribution in [-0.4, -0.2) is 24.3 Å². The fourth-order valence-electron chi connectivity index (χ4n) is 5.90. The van der Waals surface area contributed by atoms with Crippen molar-refractivity contribution in [1.82, 2.24) is 5.32 Å². The predicted molar refractivity (Wildman–Crippen MR) is 83.6 cm³/mol. The maximum absolute atomic E-state index is 9.14. The Bertz CT molecular complexity index is 292. The van der Waals surface area contributed by atoms with E-state index in [9.17, 15) is 0 Å². The number of aliphatic hydroxyl groups is 1. The van der Waals surface area contributed by atoms with E-state index in [1.165, 1.54) is 44.9 Å². The topological polar surface area (TPSA) is 32.3 Å². The van der Waals surface area contributed by atoms with E-state index < -0.39 is 0 Å². The van der Waals surface area contributed by atoms with Crippen molar-refractivity contribution in [2.75, 3.05) is 13.2 Å². The van der Waals surface area contributed by atoms with Crippen molar-refractivity contribution >= 4 is 0 Å². The monoisotopic (exact) mass is 279 g/mol. The first kappa shape index (κ1) is 14.8. The van der Waals surface area contributed by atoms with Crippen LogP contribution in [0.4, 0.5) is 0 Å². The van der Waals surface area contributed by atoms with Gasteiger partial charge in [0.1, 0.15) is 0 Å². The first-order valence-corrected chi connectivity index (χ1v) is 8.99. The van der Waals surface area contributed by atoms with Gasteiger partial charge in [0, 0.05) is 12.6 Å². The Balaban J connectivity index is 1.58. The van der Waals surface area contributed by atoms with Gasteiger partial charge in [0.25, 0.3) is 0 Å². The highest BCUT2D eigenvalue weighted by Gasteiger charge is 2.52. The molecule has 4 aliphatic carbocycles. The summed E-state index contributed by atoms with van der Waals surface area (Å²) < 4.78 is 0. The molecule has 0 aliphatic heterocycles. The Morgan fingerprint density at radius 3 is 2.10 bits per heavy atom. The molecule has 116 valence electrons. The quantitative estimate of drug-likeness (QED) is 0.746. The third-order valence-electron chi connectivity index (χ3n) is 6.83. The SMILES string of the molecule is CCC(CCO)CNC(C)C12CC3CC(CC(C3)C1)C2. The summed E-state index contributed by atoms with van der Waals surface area (Å²) in [5.74, 6) is 3.79. The van der Waals surface area contributed by atoms with Crippen LogP contribution in [0.3, 0.4) is 0 Å². The molecule has 2 unspecified atom stereocenters. The fraction of sp³-hybridized carbons (Fsp3) is 1.00. The molecule has 0 spiro atoms. The van der Waals surface area contributed by atoms with Crippen LogP contribution in [0.15, 0.2) is 0 Å². The van der Waals surface area contributed by atoms with Crippen LogP contribution in [0.5, 0.6) is 0 Å². The molecule has 0 aromatic rings. The van der Waals surface area contributed by atoms with Gasteiger partial charge >= 0.3 is 0 Å². The summed E-state index contributed by atoms with van der Waals surface area (Å²) in [7, 11) is 0. The molecule has 0 amide bonds. The molecule has 4 fully saturated rings. The van der Waals surface area contributed by atoms with Gasteiger partial charge in [-0.1, -0.05) is 13.3 Å². The van der Waals surface area contributed by atoms with Crippen molar-refractivity contribution in [2.45, 2.75) is 71.3 Å². The molecule has 20 heavy (non-hydrogen) atoms. The number of hydrogen-bond donors (Lipinski definition) is 2. The van der Waals surface area contributed by atoms with Gasteiger partial charge in [-0.15, -0.1) is 0 Å². The Morgan fingerprint density at radius 1 is 1.10 bits per heavy atom. The highest BCUT2D eigenvalue weighted by Crippen LogP contribution is 2.61. The van der Waals surface area contributed by atoms with Crippen LogP contribution >= 0.6 is 0 Å². The minimum atomic E-state index is 0.339. The maximum Gasteiger partial charge on any atom is 0.0434 e. The lowest BCUT2D eigenvalue weighted by molar-refractivity contribution is -0.0709. The standard InChI is InChI=1S/C18H33NO/c1-3-14(4-5-20)12-19-13(2)18-9-15-6-16(10-18)8-17(7-15)11-18/h13-17,19-20H,3-12H2,1-2H3. The Hall–Kier alpha value is -0.0800. The molecule has 0 radical (unpaired) electrons. The van der Waals surface area contributed by atoms with Crippen molar-refractivity contribution in [1.29, 1.82) is 0 Å². The molecule has 2 heteroatoms. The average molecular weight is 279 g/mol. The van der Waals surface area contributed by atoms with Crippen molar-refractivity contribution in [3.63, 3.8) is 0 Å². The van der Waals surface area contributed by atoms with E-state index in [-0.39, 0.29) is 0 Å². The molecule has 0 aromatic heterocycles. The third kappa shape index (κ3) is 2.78. The van der Waals surface area contributed by atoms with Crippen LogP contribution < -0.4 is 5.32 Å². The first-order chi connectivity index (χ1) is 9.65. The third-order valence-corrected chi connectivity index (χ3v) is 6.83. The van der Waals surface area contributed by atoms with Crippen molar-refractivity contribution < 1.29 is 5.11 Å². The summed E-state index contributed by atoms with van der Waals surface area (Å²) >= 11 is 0. The number of aliphatic hydroxyl groups excluding tert-OH is 1. The lowest BCUT2D eigenvalue weighted by Crippen LogP contribution is -2.55. The fourth-order valence-corrected chi connectivity index (χ4v) is 5.90. The van der Waals surface area contributed by atoms with Gasteiger partial charge in [-0.25, -0.2) is 0 Å². The molecular weight excluding hydrogens is 246 g/mol. The summed E-state index contributed by atoms with van der Waals surface area (Å²) in [6.45, 7) is 6.13. The lowest BCUT2D eigenvalue weighted by Gasteiger charge is -2.59. The second kappa shape index (κ2) is 5.96. The average Bonchev–Trinajstić information content (AvgIpc) is 2.41. The highest BCUT2D eigenvalue weighted by atomic mass is 16.3. The molecule has 2 N–H and O–H groups in total. The van der Waals surface area contributed by atoms with E-state index in [2.05, 4.69) is 19.2 Å². The number of rotatable bonds is 7. The molecule has 2 nitrogen and oxygen atoms in total. The van der Waals surface area contributed by atoms with Crippen LogP contribution in [0.25, 0.3) is 0 Å². The largest absolute Gasteiger partial charge is 0.396 e. The molecule has 4 rings (SSSR count). The van der Waals surface area contributed by atoms with Gasteiger partial charge < -0.3 is 10.4 Å². The molecule has 2 atom stereocenters. The Labute approximate surface area is 124 Å². The summed E-state index contributed by atoms with van der Waals surface area (Å²) in [5.41, 5.74) is 0.617. The number of hydrogen-bond acceptors (Lipinski definition) is 2. The molecule has 0 heterocycles. The number of nitrogens with one attached hydrogen (secondary N) is 1. The van der Waals surface area contributed by atoms with E-state index in [1.807, 2.05) is 0 Å². The van der Waals surface area contributed by atoms with Gasteiger partial charge in [0.05, 0.1) is 0 Å². The molecule has 4 aliphatic rings. The zero-order valence-electron chi connectivity index (χ0n) is 13.4. The van der Waals surface area contributed by atoms with E-state index in [4.69, 9.17) is 5.11 Å². The molecular formula is C18H33NO. The maximum atomic E-state index is 9.14. The summed E-state index contributed by atoms with van der Waals surface area (Å²) in [5, 5.41) is 13.0. The molecule has 0 aromatic carbocycles. The van der Waals surface area contributed by atoms with Gasteiger partial charge in [0.2, 0.25) is 0 Å². The van der Waals surface area contributed by atoms with E-state index in [1.54, 1.807) is 0 Å². The van der Waals surface area contributed by atoms with E-state index in [0.29, 0.717) is 24.0 Å². The summed E-state index contributed by atoms with van der Waals surface area (Å²) in [4.78, 5) is 0. The van der Waals surface area contributed by atoms with Gasteiger partial charge in [0.15, 0.2) is 0 Å². The van der Waals surface area contributed by atoms with Crippen LogP contribution in [-0.2, 0) is 0 Å². The minimum Gasteiger partial charge on any atom is -0.396 e. The van der Waals surface area contributed by atoms with E-state index >= 15 is 0 Å². The molecule has 4 bridgehead atoms. The molecule has 4 saturated carbocycles. The second-order valence-electron chi connectivity index (χ2n) is 8.20. The minimum absolute atomic E-state index is 0.339. The zero-order chi connectivity index (χ0) is 14.2. The van der Waals surface area contributed by atoms with Gasteiger partial charge in [-0.2, -0.15) is 0 Å². The smallest absolute Gasteiger partial charge is 0.0434 e. The normalized spacial score (nSPS) is 41.9. The van der Waals surface area contributed by atoms with Crippen molar-refractivity contribution in [2.24, 2.45) is 29.1 Å². The van der Waals surface area contributed by atoms with Gasteiger partial charge in [-0.05, 0) is 87.5 Å².